The number of aryl methyl sites for hydroxylation is 1. The van der Waals surface area contributed by atoms with Gasteiger partial charge in [0.1, 0.15) is 5.82 Å². The van der Waals surface area contributed by atoms with Crippen LogP contribution < -0.4 is 10.2 Å². The fourth-order valence-corrected chi connectivity index (χ4v) is 4.60. The fourth-order valence-electron chi connectivity index (χ4n) is 3.81. The van der Waals surface area contributed by atoms with Crippen molar-refractivity contribution in [3.63, 3.8) is 0 Å². The average Bonchev–Trinajstić information content (AvgIpc) is 3.17. The number of benzene rings is 2. The smallest absolute Gasteiger partial charge is 0.254 e. The van der Waals surface area contributed by atoms with E-state index in [9.17, 15) is 14.0 Å². The summed E-state index contributed by atoms with van der Waals surface area (Å²) in [6.07, 6.45) is 1.93. The summed E-state index contributed by atoms with van der Waals surface area (Å²) in [5.41, 5.74) is 2.15. The molecule has 2 heterocycles. The molecule has 0 spiro atoms. The summed E-state index contributed by atoms with van der Waals surface area (Å²) in [5, 5.41) is 11.7. The van der Waals surface area contributed by atoms with Crippen molar-refractivity contribution in [2.45, 2.75) is 31.0 Å². The molecule has 1 aliphatic heterocycles. The van der Waals surface area contributed by atoms with Crippen LogP contribution in [0.3, 0.4) is 0 Å². The Bertz CT molecular complexity index is 1150. The number of hydrogen-bond donors (Lipinski definition) is 1. The van der Waals surface area contributed by atoms with Crippen LogP contribution in [0.5, 0.6) is 0 Å². The quantitative estimate of drug-likeness (QED) is 0.578. The van der Waals surface area contributed by atoms with Crippen LogP contribution in [0.25, 0.3) is 0 Å². The Labute approximate surface area is 190 Å². The molecule has 32 heavy (non-hydrogen) atoms. The van der Waals surface area contributed by atoms with Crippen molar-refractivity contribution in [3.8, 4) is 0 Å². The summed E-state index contributed by atoms with van der Waals surface area (Å²) in [5.74, 6) is -0.326. The van der Waals surface area contributed by atoms with Gasteiger partial charge < -0.3 is 14.8 Å². The first-order valence-electron chi connectivity index (χ1n) is 10.4. The highest BCUT2D eigenvalue weighted by atomic mass is 32.2. The van der Waals surface area contributed by atoms with E-state index in [2.05, 4.69) is 21.6 Å². The second-order valence-electron chi connectivity index (χ2n) is 7.64. The molecule has 4 rings (SSSR count). The molecule has 166 valence electrons. The van der Waals surface area contributed by atoms with Crippen molar-refractivity contribution in [2.75, 3.05) is 17.2 Å². The Morgan fingerprint density at radius 1 is 1.16 bits per heavy atom. The number of nitrogens with one attached hydrogen (secondary N) is 1. The summed E-state index contributed by atoms with van der Waals surface area (Å²) in [6, 6.07) is 13.3. The number of halogens is 1. The summed E-state index contributed by atoms with van der Waals surface area (Å²) in [7, 11) is 1.78. The monoisotopic (exact) mass is 453 g/mol. The number of aromatic nitrogens is 3. The van der Waals surface area contributed by atoms with Gasteiger partial charge in [-0.2, -0.15) is 0 Å². The SMILES string of the molecule is C[C@@H](NC(=O)c1ccccc1F)c1nnc(SCC(=O)N2CCCc3ccccc32)n1C. The van der Waals surface area contributed by atoms with E-state index >= 15 is 0 Å². The number of amides is 2. The molecule has 0 unspecified atom stereocenters. The summed E-state index contributed by atoms with van der Waals surface area (Å²) in [4.78, 5) is 27.1. The number of carbonyl (C=O) groups is 2. The first-order chi connectivity index (χ1) is 15.5. The zero-order valence-corrected chi connectivity index (χ0v) is 18.7. The van der Waals surface area contributed by atoms with E-state index in [4.69, 9.17) is 0 Å². The molecule has 0 aliphatic carbocycles. The van der Waals surface area contributed by atoms with Crippen LogP contribution in [0.2, 0.25) is 0 Å². The van der Waals surface area contributed by atoms with E-state index in [1.54, 1.807) is 24.6 Å². The van der Waals surface area contributed by atoms with Gasteiger partial charge in [0.2, 0.25) is 5.91 Å². The van der Waals surface area contributed by atoms with Crippen LogP contribution in [-0.4, -0.2) is 38.9 Å². The zero-order valence-electron chi connectivity index (χ0n) is 17.9. The molecular weight excluding hydrogens is 429 g/mol. The molecule has 0 bridgehead atoms. The summed E-state index contributed by atoms with van der Waals surface area (Å²) < 4.78 is 15.6. The van der Waals surface area contributed by atoms with Gasteiger partial charge in [-0.15, -0.1) is 10.2 Å². The van der Waals surface area contributed by atoms with E-state index in [0.717, 1.165) is 18.5 Å². The van der Waals surface area contributed by atoms with Crippen molar-refractivity contribution < 1.29 is 14.0 Å². The lowest BCUT2D eigenvalue weighted by atomic mass is 10.0. The van der Waals surface area contributed by atoms with Crippen LogP contribution in [-0.2, 0) is 18.3 Å². The van der Waals surface area contributed by atoms with E-state index in [-0.39, 0.29) is 17.2 Å². The Morgan fingerprint density at radius 3 is 2.72 bits per heavy atom. The predicted octanol–water partition coefficient (Wildman–Crippen LogP) is 3.52. The molecule has 0 radical (unpaired) electrons. The average molecular weight is 454 g/mol. The number of fused-ring (bicyclic) bond motifs is 1. The maximum atomic E-state index is 13.9. The zero-order chi connectivity index (χ0) is 22.7. The number of thioether (sulfide) groups is 1. The molecule has 9 heteroatoms. The third-order valence-corrected chi connectivity index (χ3v) is 6.46. The standard InChI is InChI=1S/C23H24FN5O2S/c1-15(25-22(31)17-10-4-5-11-18(17)24)21-26-27-23(28(21)2)32-14-20(30)29-13-7-9-16-8-3-6-12-19(16)29/h3-6,8,10-12,15H,7,9,13-14H2,1-2H3,(H,25,31)/t15-/m1/s1. The van der Waals surface area contributed by atoms with Gasteiger partial charge in [0, 0.05) is 19.3 Å². The molecule has 3 aromatic rings. The van der Waals surface area contributed by atoms with Crippen molar-refractivity contribution in [3.05, 3.63) is 71.3 Å². The Morgan fingerprint density at radius 2 is 1.91 bits per heavy atom. The van der Waals surface area contributed by atoms with E-state index in [1.807, 2.05) is 23.1 Å². The number of nitrogens with zero attached hydrogens (tertiary/aromatic N) is 4. The highest BCUT2D eigenvalue weighted by molar-refractivity contribution is 7.99. The maximum Gasteiger partial charge on any atom is 0.254 e. The Hall–Kier alpha value is -3.20. The van der Waals surface area contributed by atoms with Gasteiger partial charge in [-0.1, -0.05) is 42.1 Å². The van der Waals surface area contributed by atoms with Gasteiger partial charge in [-0.05, 0) is 43.5 Å². The Kier molecular flexibility index (Phi) is 6.55. The van der Waals surface area contributed by atoms with Gasteiger partial charge >= 0.3 is 0 Å². The first-order valence-corrected chi connectivity index (χ1v) is 11.4. The number of carbonyl (C=O) groups excluding carboxylic acids is 2. The lowest BCUT2D eigenvalue weighted by molar-refractivity contribution is -0.116. The number of para-hydroxylation sites is 1. The second-order valence-corrected chi connectivity index (χ2v) is 8.58. The highest BCUT2D eigenvalue weighted by Gasteiger charge is 2.24. The van der Waals surface area contributed by atoms with Gasteiger partial charge in [0.05, 0.1) is 17.4 Å². The van der Waals surface area contributed by atoms with Crippen LogP contribution in [0.1, 0.15) is 41.1 Å². The third-order valence-electron chi connectivity index (χ3n) is 5.46. The van der Waals surface area contributed by atoms with Gasteiger partial charge in [0.25, 0.3) is 5.91 Å². The van der Waals surface area contributed by atoms with Gasteiger partial charge in [0.15, 0.2) is 11.0 Å². The number of hydrogen-bond acceptors (Lipinski definition) is 5. The molecule has 0 fully saturated rings. The minimum atomic E-state index is -0.579. The van der Waals surface area contributed by atoms with Gasteiger partial charge in [-0.25, -0.2) is 4.39 Å². The van der Waals surface area contributed by atoms with Crippen molar-refractivity contribution >= 4 is 29.3 Å². The van der Waals surface area contributed by atoms with E-state index in [0.29, 0.717) is 17.5 Å². The van der Waals surface area contributed by atoms with Crippen LogP contribution >= 0.6 is 11.8 Å². The van der Waals surface area contributed by atoms with E-state index in [1.165, 1.54) is 35.5 Å². The van der Waals surface area contributed by atoms with E-state index < -0.39 is 17.8 Å². The van der Waals surface area contributed by atoms with Crippen molar-refractivity contribution in [1.82, 2.24) is 20.1 Å². The minimum Gasteiger partial charge on any atom is -0.342 e. The molecule has 0 saturated heterocycles. The highest BCUT2D eigenvalue weighted by Crippen LogP contribution is 2.28. The lowest BCUT2D eigenvalue weighted by Crippen LogP contribution is -2.36. The second kappa shape index (κ2) is 9.52. The third kappa shape index (κ3) is 4.52. The minimum absolute atomic E-state index is 0.0209. The lowest BCUT2D eigenvalue weighted by Gasteiger charge is -2.29. The van der Waals surface area contributed by atoms with Crippen LogP contribution in [0.4, 0.5) is 10.1 Å². The molecule has 1 aliphatic rings. The molecule has 2 amide bonds. The molecule has 7 nitrogen and oxygen atoms in total. The summed E-state index contributed by atoms with van der Waals surface area (Å²) >= 11 is 1.30. The van der Waals surface area contributed by atoms with Crippen LogP contribution in [0, 0.1) is 5.82 Å². The molecule has 0 saturated carbocycles. The summed E-state index contributed by atoms with van der Waals surface area (Å²) in [6.45, 7) is 2.46. The molecule has 2 aromatic carbocycles. The number of anilines is 1. The van der Waals surface area contributed by atoms with Crippen LogP contribution in [0.15, 0.2) is 53.7 Å². The largest absolute Gasteiger partial charge is 0.342 e. The molecule has 1 aromatic heterocycles. The molecule has 1 atom stereocenters. The van der Waals surface area contributed by atoms with Gasteiger partial charge in [-0.3, -0.25) is 9.59 Å². The number of rotatable bonds is 6. The topological polar surface area (TPSA) is 80.1 Å². The Balaban J connectivity index is 1.40. The fraction of sp³-hybridized carbons (Fsp3) is 0.304. The molecule has 1 N–H and O–H groups in total. The maximum absolute atomic E-state index is 13.9. The first kappa shape index (κ1) is 22.0. The predicted molar refractivity (Wildman–Crippen MR) is 121 cm³/mol. The molecular formula is C23H24FN5O2S. The van der Waals surface area contributed by atoms with Crippen molar-refractivity contribution in [1.29, 1.82) is 0 Å². The normalized spacial score (nSPS) is 14.0. The van der Waals surface area contributed by atoms with Crippen molar-refractivity contribution in [2.24, 2.45) is 7.05 Å².